The van der Waals surface area contributed by atoms with Gasteiger partial charge in [0.2, 0.25) is 5.13 Å². The monoisotopic (exact) mass is 757 g/mol. The molecule has 2 aliphatic heterocycles. The van der Waals surface area contributed by atoms with Crippen molar-refractivity contribution in [1.82, 2.24) is 10.2 Å². The number of fused-ring (bicyclic) bond motifs is 2. The number of carboxylic acid groups (broad SMARTS) is 1. The molecule has 1 fully saturated rings. The van der Waals surface area contributed by atoms with Gasteiger partial charge >= 0.3 is 5.91 Å². The summed E-state index contributed by atoms with van der Waals surface area (Å²) in [6, 6.07) is 35.9. The molecule has 1 amide bonds. The first-order valence-electron chi connectivity index (χ1n) is 17.2. The van der Waals surface area contributed by atoms with Gasteiger partial charge < -0.3 is 19.7 Å². The normalized spacial score (nSPS) is 17.1. The fourth-order valence-corrected chi connectivity index (χ4v) is 8.37. The largest absolute Gasteiger partial charge is 0.507 e. The fourth-order valence-electron chi connectivity index (χ4n) is 6.50. The predicted molar refractivity (Wildman–Crippen MR) is 209 cm³/mol. The summed E-state index contributed by atoms with van der Waals surface area (Å²) in [6.07, 6.45) is 0.690. The molecule has 2 N–H and O–H groups in total. The molecule has 12 heteroatoms. The van der Waals surface area contributed by atoms with E-state index in [1.807, 2.05) is 79.7 Å². The molecule has 272 valence electrons. The van der Waals surface area contributed by atoms with Crippen LogP contribution in [0.3, 0.4) is 0 Å². The molecular weight excluding hydrogens is 723 g/mol. The number of hydrogen-bond donors (Lipinski definition) is 2. The van der Waals surface area contributed by atoms with Crippen LogP contribution in [0.1, 0.15) is 47.7 Å². The lowest BCUT2D eigenvalue weighted by molar-refractivity contribution is -0.134. The molecule has 54 heavy (non-hydrogen) atoms. The average molecular weight is 758 g/mol. The first kappa shape index (κ1) is 36.4. The van der Waals surface area contributed by atoms with E-state index < -0.39 is 23.7 Å². The number of thioether (sulfide) groups is 1. The number of carboxylic acids is 1. The van der Waals surface area contributed by atoms with Crippen molar-refractivity contribution in [3.8, 4) is 11.5 Å². The number of aliphatic hydroxyl groups is 1. The summed E-state index contributed by atoms with van der Waals surface area (Å²) in [5.74, 6) is -0.718. The van der Waals surface area contributed by atoms with Crippen molar-refractivity contribution in [2.75, 3.05) is 4.90 Å². The molecule has 2 unspecified atom stereocenters. The topological polar surface area (TPSA) is 139 Å². The van der Waals surface area contributed by atoms with E-state index in [-0.39, 0.29) is 22.6 Å². The smallest absolute Gasteiger partial charge is 0.301 e. The van der Waals surface area contributed by atoms with Crippen molar-refractivity contribution < 1.29 is 34.1 Å². The Morgan fingerprint density at radius 1 is 0.926 bits per heavy atom. The van der Waals surface area contributed by atoms with Crippen LogP contribution >= 0.6 is 23.1 Å². The Morgan fingerprint density at radius 3 is 2.48 bits per heavy atom. The van der Waals surface area contributed by atoms with Gasteiger partial charge in [-0.2, -0.15) is 0 Å². The van der Waals surface area contributed by atoms with Crippen molar-refractivity contribution in [2.24, 2.45) is 0 Å². The molecule has 5 aromatic carbocycles. The van der Waals surface area contributed by atoms with Crippen molar-refractivity contribution >= 4 is 62.4 Å². The van der Waals surface area contributed by atoms with E-state index in [0.29, 0.717) is 40.0 Å². The molecule has 2 atom stereocenters. The number of carbonyl (C=O) groups excluding carboxylic acids is 2. The number of carbonyl (C=O) groups is 3. The fraction of sp³-hybridized carbons (Fsp3) is 0.167. The molecule has 2 aliphatic rings. The quantitative estimate of drug-likeness (QED) is 0.0485. The number of ketones is 1. The zero-order valence-electron chi connectivity index (χ0n) is 29.3. The van der Waals surface area contributed by atoms with Gasteiger partial charge in [-0.05, 0) is 70.3 Å². The van der Waals surface area contributed by atoms with E-state index in [4.69, 9.17) is 19.4 Å². The minimum absolute atomic E-state index is 0.0108. The van der Waals surface area contributed by atoms with Gasteiger partial charge in [0.05, 0.1) is 11.6 Å². The molecule has 0 aliphatic carbocycles. The number of amides is 1. The summed E-state index contributed by atoms with van der Waals surface area (Å²) in [5, 5.41) is 30.6. The number of ether oxygens (including phenoxy) is 2. The second kappa shape index (κ2) is 15.9. The lowest BCUT2D eigenvalue weighted by Gasteiger charge is -2.23. The maximum Gasteiger partial charge on any atom is 0.301 e. The second-order valence-corrected chi connectivity index (χ2v) is 14.9. The lowest BCUT2D eigenvalue weighted by atomic mass is 9.94. The third-order valence-electron chi connectivity index (χ3n) is 8.87. The third-order valence-corrected chi connectivity index (χ3v) is 11.0. The average Bonchev–Trinajstić information content (AvgIpc) is 3.87. The Labute approximate surface area is 319 Å². The minimum atomic E-state index is -0.970. The number of anilines is 1. The van der Waals surface area contributed by atoms with Gasteiger partial charge in [-0.1, -0.05) is 108 Å². The van der Waals surface area contributed by atoms with Gasteiger partial charge in [0, 0.05) is 24.7 Å². The second-order valence-electron chi connectivity index (χ2n) is 12.8. The molecule has 3 heterocycles. The molecule has 0 radical (unpaired) electrons. The van der Waals surface area contributed by atoms with E-state index >= 15 is 0 Å². The lowest BCUT2D eigenvalue weighted by Crippen LogP contribution is -2.29. The van der Waals surface area contributed by atoms with Crippen LogP contribution in [0.15, 0.2) is 125 Å². The van der Waals surface area contributed by atoms with Crippen LogP contribution in [0.25, 0.3) is 16.5 Å². The van der Waals surface area contributed by atoms with Gasteiger partial charge in [0.1, 0.15) is 30.0 Å². The maximum absolute atomic E-state index is 13.9. The summed E-state index contributed by atoms with van der Waals surface area (Å²) in [6.45, 7) is 3.41. The van der Waals surface area contributed by atoms with Crippen molar-refractivity contribution in [3.63, 3.8) is 0 Å². The first-order valence-corrected chi connectivity index (χ1v) is 19.0. The Bertz CT molecular complexity index is 2390. The van der Waals surface area contributed by atoms with E-state index in [1.165, 1.54) is 33.4 Å². The highest BCUT2D eigenvalue weighted by molar-refractivity contribution is 8.00. The van der Waals surface area contributed by atoms with Crippen LogP contribution in [-0.2, 0) is 33.2 Å². The molecule has 6 aromatic rings. The number of aromatic nitrogens is 2. The number of aliphatic hydroxyl groups excluding tert-OH is 1. The van der Waals surface area contributed by atoms with Crippen LogP contribution in [-0.4, -0.2) is 44.2 Å². The zero-order valence-corrected chi connectivity index (χ0v) is 31.0. The summed E-state index contributed by atoms with van der Waals surface area (Å²) >= 11 is 2.76. The molecule has 0 spiro atoms. The Balaban J connectivity index is 0.00000107. The Morgan fingerprint density at radius 2 is 1.67 bits per heavy atom. The van der Waals surface area contributed by atoms with E-state index in [2.05, 4.69) is 34.5 Å². The highest BCUT2D eigenvalue weighted by Crippen LogP contribution is 2.45. The molecule has 1 aromatic heterocycles. The predicted octanol–water partition coefficient (Wildman–Crippen LogP) is 8.60. The molecule has 0 bridgehead atoms. The SMILES string of the molecule is CC(=O)O.CC1Cc2cc(/C(O)=C3\C(=O)C(=O)N(c4nnc(SCc5cccc6ccccc56)s4)C3c3cccc(OCc4ccccc4)c3)ccc2O1. The highest BCUT2D eigenvalue weighted by Gasteiger charge is 2.48. The molecule has 8 rings (SSSR count). The molecule has 10 nitrogen and oxygen atoms in total. The summed E-state index contributed by atoms with van der Waals surface area (Å²) in [7, 11) is 0. The first-order chi connectivity index (χ1) is 26.2. The Hall–Kier alpha value is -5.98. The summed E-state index contributed by atoms with van der Waals surface area (Å²) in [4.78, 5) is 38.2. The van der Waals surface area contributed by atoms with Crippen LogP contribution in [0, 0.1) is 0 Å². The van der Waals surface area contributed by atoms with Crippen molar-refractivity contribution in [3.05, 3.63) is 149 Å². The van der Waals surface area contributed by atoms with Gasteiger partial charge in [0.25, 0.3) is 11.8 Å². The van der Waals surface area contributed by atoms with Crippen LogP contribution in [0.5, 0.6) is 11.5 Å². The summed E-state index contributed by atoms with van der Waals surface area (Å²) in [5.41, 5.74) is 4.09. The Kier molecular flexibility index (Phi) is 10.7. The molecular formula is C42H35N3O7S2. The van der Waals surface area contributed by atoms with Crippen molar-refractivity contribution in [2.45, 2.75) is 49.1 Å². The van der Waals surface area contributed by atoms with Gasteiger partial charge in [0.15, 0.2) is 4.34 Å². The number of aliphatic carboxylic acids is 1. The van der Waals surface area contributed by atoms with E-state index in [9.17, 15) is 14.7 Å². The number of Topliss-reactive ketones (excluding diaryl/α,β-unsaturated/α-hetero) is 1. The van der Waals surface area contributed by atoms with E-state index in [1.54, 1.807) is 18.2 Å². The summed E-state index contributed by atoms with van der Waals surface area (Å²) < 4.78 is 12.6. The van der Waals surface area contributed by atoms with Gasteiger partial charge in [-0.25, -0.2) is 0 Å². The van der Waals surface area contributed by atoms with Gasteiger partial charge in [-0.3, -0.25) is 19.3 Å². The van der Waals surface area contributed by atoms with E-state index in [0.717, 1.165) is 34.7 Å². The zero-order chi connectivity index (χ0) is 37.8. The minimum Gasteiger partial charge on any atom is -0.507 e. The maximum atomic E-state index is 13.9. The number of nitrogens with zero attached hydrogens (tertiary/aromatic N) is 3. The number of hydrogen-bond acceptors (Lipinski definition) is 10. The van der Waals surface area contributed by atoms with Crippen LogP contribution < -0.4 is 14.4 Å². The van der Waals surface area contributed by atoms with Crippen LogP contribution in [0.2, 0.25) is 0 Å². The molecule has 1 saturated heterocycles. The van der Waals surface area contributed by atoms with Gasteiger partial charge in [-0.15, -0.1) is 10.2 Å². The molecule has 0 saturated carbocycles. The van der Waals surface area contributed by atoms with Crippen LogP contribution in [0.4, 0.5) is 5.13 Å². The standard InChI is InChI=1S/C40H31N3O5S2.C2H4O2/c1-24-19-30-20-28(17-18-33(30)48-24)36(44)34-35(27-13-8-15-31(21-27)47-22-25-9-3-2-4-10-25)43(38(46)37(34)45)39-41-42-40(50-39)49-23-29-14-7-12-26-11-5-6-16-32(26)29;1-2(3)4/h2-18,20-21,24,35,44H,19,22-23H2,1H3;1H3,(H,3,4)/b36-34+;. The number of rotatable bonds is 9. The number of benzene rings is 5. The van der Waals surface area contributed by atoms with Crippen molar-refractivity contribution in [1.29, 1.82) is 0 Å². The third kappa shape index (κ3) is 7.85. The highest BCUT2D eigenvalue weighted by atomic mass is 32.2.